The third kappa shape index (κ3) is 1.86. The van der Waals surface area contributed by atoms with Crippen molar-refractivity contribution in [1.29, 1.82) is 0 Å². The first kappa shape index (κ1) is 8.38. The summed E-state index contributed by atoms with van der Waals surface area (Å²) in [5, 5.41) is 0. The minimum absolute atomic E-state index is 1.22. The van der Waals surface area contributed by atoms with Crippen molar-refractivity contribution in [3.05, 3.63) is 23.4 Å². The molecule has 0 fully saturated rings. The van der Waals surface area contributed by atoms with Gasteiger partial charge in [0, 0.05) is 19.3 Å². The van der Waals surface area contributed by atoms with Crippen LogP contribution in [0.2, 0.25) is 0 Å². The van der Waals surface area contributed by atoms with Crippen molar-refractivity contribution in [3.63, 3.8) is 0 Å². The van der Waals surface area contributed by atoms with Crippen LogP contribution in [0.5, 0.6) is 0 Å². The van der Waals surface area contributed by atoms with Crippen molar-refractivity contribution in [2.45, 2.75) is 26.7 Å². The number of nitrogens with zero attached hydrogens (tertiary/aromatic N) is 1. The van der Waals surface area contributed by atoms with E-state index >= 15 is 0 Å². The lowest BCUT2D eigenvalue weighted by Crippen LogP contribution is -2.22. The van der Waals surface area contributed by atoms with Crippen LogP contribution in [0.1, 0.15) is 26.7 Å². The highest BCUT2D eigenvalue weighted by Crippen LogP contribution is 2.20. The van der Waals surface area contributed by atoms with Gasteiger partial charge in [0.15, 0.2) is 0 Å². The maximum absolute atomic E-state index is 2.33. The molecule has 0 aromatic heterocycles. The maximum Gasteiger partial charge on any atom is 0.0174 e. The van der Waals surface area contributed by atoms with E-state index in [-0.39, 0.29) is 0 Å². The molecule has 0 saturated carbocycles. The third-order valence-corrected chi connectivity index (χ3v) is 2.34. The lowest BCUT2D eigenvalue weighted by molar-refractivity contribution is 0.382. The van der Waals surface area contributed by atoms with E-state index in [2.05, 4.69) is 37.9 Å². The first-order chi connectivity index (χ1) is 5.25. The van der Waals surface area contributed by atoms with E-state index in [1.807, 2.05) is 0 Å². The number of hydrogen-bond acceptors (Lipinski definition) is 1. The molecule has 0 amide bonds. The van der Waals surface area contributed by atoms with Crippen LogP contribution in [0, 0.1) is 0 Å². The number of hydrogen-bond donors (Lipinski definition) is 0. The minimum Gasteiger partial charge on any atom is -0.378 e. The van der Waals surface area contributed by atoms with E-state index in [4.69, 9.17) is 0 Å². The van der Waals surface area contributed by atoms with Crippen LogP contribution in [-0.2, 0) is 0 Å². The van der Waals surface area contributed by atoms with Crippen molar-refractivity contribution < 1.29 is 0 Å². The van der Waals surface area contributed by atoms with Crippen LogP contribution in [0.4, 0.5) is 0 Å². The van der Waals surface area contributed by atoms with Gasteiger partial charge < -0.3 is 4.90 Å². The summed E-state index contributed by atoms with van der Waals surface area (Å²) >= 11 is 0. The molecule has 0 spiro atoms. The lowest BCUT2D eigenvalue weighted by atomic mass is 10.0. The van der Waals surface area contributed by atoms with Crippen LogP contribution in [0.25, 0.3) is 0 Å². The fraction of sp³-hybridized carbons (Fsp3) is 0.600. The Bertz CT molecular complexity index is 189. The van der Waals surface area contributed by atoms with Crippen molar-refractivity contribution in [2.24, 2.45) is 0 Å². The molecule has 0 radical (unpaired) electrons. The Balaban J connectivity index is 2.79. The molecule has 0 unspecified atom stereocenters. The third-order valence-electron chi connectivity index (χ3n) is 2.34. The smallest absolute Gasteiger partial charge is 0.0174 e. The summed E-state index contributed by atoms with van der Waals surface area (Å²) < 4.78 is 0. The summed E-state index contributed by atoms with van der Waals surface area (Å²) in [5.41, 5.74) is 2.94. The lowest BCUT2D eigenvalue weighted by Gasteiger charge is -2.27. The molecule has 0 N–H and O–H groups in total. The van der Waals surface area contributed by atoms with Crippen LogP contribution in [-0.4, -0.2) is 18.5 Å². The molecule has 0 saturated heterocycles. The normalized spacial score (nSPS) is 20.1. The summed E-state index contributed by atoms with van der Waals surface area (Å²) in [6.45, 7) is 5.50. The van der Waals surface area contributed by atoms with Gasteiger partial charge >= 0.3 is 0 Å². The predicted molar refractivity (Wildman–Crippen MR) is 49.4 cm³/mol. The zero-order valence-corrected chi connectivity index (χ0v) is 7.72. The quantitative estimate of drug-likeness (QED) is 0.556. The zero-order chi connectivity index (χ0) is 8.27. The summed E-state index contributed by atoms with van der Waals surface area (Å²) in [5.74, 6) is 0. The van der Waals surface area contributed by atoms with Gasteiger partial charge in [-0.2, -0.15) is 0 Å². The van der Waals surface area contributed by atoms with Gasteiger partial charge in [0.2, 0.25) is 0 Å². The van der Waals surface area contributed by atoms with Crippen LogP contribution < -0.4 is 0 Å². The van der Waals surface area contributed by atoms with E-state index in [9.17, 15) is 0 Å². The Kier molecular flexibility index (Phi) is 2.75. The molecule has 0 bridgehead atoms. The van der Waals surface area contributed by atoms with E-state index < -0.39 is 0 Å². The molecule has 1 nitrogen and oxygen atoms in total. The molecular weight excluding hydrogens is 134 g/mol. The molecule has 1 aliphatic heterocycles. The Morgan fingerprint density at radius 1 is 1.45 bits per heavy atom. The molecule has 62 valence electrons. The molecule has 1 heteroatoms. The molecule has 11 heavy (non-hydrogen) atoms. The van der Waals surface area contributed by atoms with E-state index in [1.54, 1.807) is 0 Å². The van der Waals surface area contributed by atoms with Gasteiger partial charge in [-0.15, -0.1) is 0 Å². The van der Waals surface area contributed by atoms with E-state index in [0.717, 1.165) is 0 Å². The highest BCUT2D eigenvalue weighted by molar-refractivity contribution is 5.25. The van der Waals surface area contributed by atoms with Crippen LogP contribution in [0.3, 0.4) is 0 Å². The molecular formula is C10H17N. The molecule has 0 aromatic carbocycles. The van der Waals surface area contributed by atoms with Gasteiger partial charge in [0.25, 0.3) is 0 Å². The largest absolute Gasteiger partial charge is 0.378 e. The summed E-state index contributed by atoms with van der Waals surface area (Å²) in [7, 11) is 2.16. The SMILES string of the molecule is C/C=C\C1=C(C)N(C)CCC1. The predicted octanol–water partition coefficient (Wildman–Crippen LogP) is 2.56. The highest BCUT2D eigenvalue weighted by atomic mass is 15.1. The van der Waals surface area contributed by atoms with Gasteiger partial charge in [-0.3, -0.25) is 0 Å². The second kappa shape index (κ2) is 3.61. The maximum atomic E-state index is 2.33. The van der Waals surface area contributed by atoms with Crippen molar-refractivity contribution >= 4 is 0 Å². The molecule has 0 aliphatic carbocycles. The number of allylic oxidation sites excluding steroid dienone is 4. The fourth-order valence-corrected chi connectivity index (χ4v) is 1.51. The first-order valence-electron chi connectivity index (χ1n) is 4.29. The second-order valence-corrected chi connectivity index (χ2v) is 3.14. The zero-order valence-electron chi connectivity index (χ0n) is 7.72. The summed E-state index contributed by atoms with van der Waals surface area (Å²) in [6, 6.07) is 0. The average molecular weight is 151 g/mol. The molecule has 0 atom stereocenters. The van der Waals surface area contributed by atoms with Crippen molar-refractivity contribution in [3.8, 4) is 0 Å². The highest BCUT2D eigenvalue weighted by Gasteiger charge is 2.09. The molecule has 1 heterocycles. The van der Waals surface area contributed by atoms with E-state index in [1.165, 1.54) is 30.7 Å². The molecule has 0 aromatic rings. The average Bonchev–Trinajstić information content (AvgIpc) is 1.99. The van der Waals surface area contributed by atoms with Gasteiger partial charge in [-0.25, -0.2) is 0 Å². The standard InChI is InChI=1S/C10H17N/c1-4-6-10-7-5-8-11(3)9(10)2/h4,6H,5,7-8H2,1-3H3/b6-4-. The first-order valence-corrected chi connectivity index (χ1v) is 4.29. The van der Waals surface area contributed by atoms with Gasteiger partial charge in [-0.1, -0.05) is 12.2 Å². The molecule has 1 aliphatic rings. The molecule has 1 rings (SSSR count). The van der Waals surface area contributed by atoms with Crippen molar-refractivity contribution in [2.75, 3.05) is 13.6 Å². The van der Waals surface area contributed by atoms with Crippen LogP contribution in [0.15, 0.2) is 23.4 Å². The fourth-order valence-electron chi connectivity index (χ4n) is 1.51. The number of rotatable bonds is 1. The summed E-state index contributed by atoms with van der Waals surface area (Å²) in [4.78, 5) is 2.33. The summed E-state index contributed by atoms with van der Waals surface area (Å²) in [6.07, 6.45) is 6.90. The van der Waals surface area contributed by atoms with Gasteiger partial charge in [-0.05, 0) is 32.3 Å². The van der Waals surface area contributed by atoms with Crippen LogP contribution >= 0.6 is 0 Å². The Labute approximate surface area is 69.4 Å². The second-order valence-electron chi connectivity index (χ2n) is 3.14. The minimum atomic E-state index is 1.22. The Morgan fingerprint density at radius 3 is 2.82 bits per heavy atom. The van der Waals surface area contributed by atoms with Crippen molar-refractivity contribution in [1.82, 2.24) is 4.90 Å². The Hall–Kier alpha value is -0.720. The van der Waals surface area contributed by atoms with Gasteiger partial charge in [0.05, 0.1) is 0 Å². The Morgan fingerprint density at radius 2 is 2.18 bits per heavy atom. The topological polar surface area (TPSA) is 3.24 Å². The van der Waals surface area contributed by atoms with Gasteiger partial charge in [0.1, 0.15) is 0 Å². The monoisotopic (exact) mass is 151 g/mol. The van der Waals surface area contributed by atoms with E-state index in [0.29, 0.717) is 0 Å².